The summed E-state index contributed by atoms with van der Waals surface area (Å²) >= 11 is 0. The standard InChI is InChI=1S/C12H12N4/c1-2-10(4-13-3-1)6-16-7-11-5-14-9-15-12(11)8-16/h1-5,9H,6-8H2. The maximum atomic E-state index is 4.28. The molecule has 0 spiro atoms. The summed E-state index contributed by atoms with van der Waals surface area (Å²) in [5.74, 6) is 0. The van der Waals surface area contributed by atoms with Crippen LogP contribution in [0.1, 0.15) is 16.8 Å². The molecule has 2 aromatic rings. The van der Waals surface area contributed by atoms with Gasteiger partial charge >= 0.3 is 0 Å². The van der Waals surface area contributed by atoms with Gasteiger partial charge in [0.1, 0.15) is 6.33 Å². The molecule has 16 heavy (non-hydrogen) atoms. The van der Waals surface area contributed by atoms with Gasteiger partial charge < -0.3 is 0 Å². The third-order valence-electron chi connectivity index (χ3n) is 2.78. The molecule has 4 heteroatoms. The Morgan fingerprint density at radius 2 is 2.19 bits per heavy atom. The Morgan fingerprint density at radius 3 is 3.00 bits per heavy atom. The molecule has 0 unspecified atom stereocenters. The molecule has 4 nitrogen and oxygen atoms in total. The van der Waals surface area contributed by atoms with Crippen molar-refractivity contribution in [1.29, 1.82) is 0 Å². The second-order valence-electron chi connectivity index (χ2n) is 4.00. The van der Waals surface area contributed by atoms with Crippen LogP contribution >= 0.6 is 0 Å². The second-order valence-corrected chi connectivity index (χ2v) is 4.00. The van der Waals surface area contributed by atoms with Crippen molar-refractivity contribution >= 4 is 0 Å². The van der Waals surface area contributed by atoms with E-state index in [9.17, 15) is 0 Å². The zero-order valence-corrected chi connectivity index (χ0v) is 8.87. The highest BCUT2D eigenvalue weighted by molar-refractivity contribution is 5.21. The zero-order valence-electron chi connectivity index (χ0n) is 8.87. The van der Waals surface area contributed by atoms with Gasteiger partial charge in [-0.3, -0.25) is 9.88 Å². The fourth-order valence-corrected chi connectivity index (χ4v) is 2.03. The number of hydrogen-bond acceptors (Lipinski definition) is 4. The third kappa shape index (κ3) is 1.79. The lowest BCUT2D eigenvalue weighted by Crippen LogP contribution is -2.15. The molecule has 0 aromatic carbocycles. The average Bonchev–Trinajstić information content (AvgIpc) is 2.72. The Bertz CT molecular complexity index is 458. The molecule has 0 atom stereocenters. The van der Waals surface area contributed by atoms with Gasteiger partial charge in [-0.1, -0.05) is 6.07 Å². The fourth-order valence-electron chi connectivity index (χ4n) is 2.03. The Kier molecular flexibility index (Phi) is 2.34. The quantitative estimate of drug-likeness (QED) is 0.754. The van der Waals surface area contributed by atoms with Crippen molar-refractivity contribution in [2.45, 2.75) is 19.6 Å². The van der Waals surface area contributed by atoms with Crippen molar-refractivity contribution < 1.29 is 0 Å². The Hall–Kier alpha value is -1.81. The van der Waals surface area contributed by atoms with E-state index in [1.54, 1.807) is 12.5 Å². The van der Waals surface area contributed by atoms with Gasteiger partial charge in [-0.2, -0.15) is 0 Å². The van der Waals surface area contributed by atoms with Crippen LogP contribution in [0.5, 0.6) is 0 Å². The number of nitrogens with zero attached hydrogens (tertiary/aromatic N) is 4. The highest BCUT2D eigenvalue weighted by atomic mass is 15.2. The average molecular weight is 212 g/mol. The monoisotopic (exact) mass is 212 g/mol. The van der Waals surface area contributed by atoms with Gasteiger partial charge in [0.05, 0.1) is 5.69 Å². The van der Waals surface area contributed by atoms with E-state index in [1.807, 2.05) is 18.5 Å². The van der Waals surface area contributed by atoms with Crippen molar-refractivity contribution in [3.63, 3.8) is 0 Å². The minimum Gasteiger partial charge on any atom is -0.289 e. The van der Waals surface area contributed by atoms with Crippen LogP contribution in [0.15, 0.2) is 37.1 Å². The topological polar surface area (TPSA) is 41.9 Å². The largest absolute Gasteiger partial charge is 0.289 e. The molecule has 2 aromatic heterocycles. The molecular weight excluding hydrogens is 200 g/mol. The molecule has 1 aliphatic rings. The first-order valence-corrected chi connectivity index (χ1v) is 5.31. The second kappa shape index (κ2) is 3.98. The molecule has 0 radical (unpaired) electrons. The molecule has 3 rings (SSSR count). The summed E-state index contributed by atoms with van der Waals surface area (Å²) in [6, 6.07) is 4.07. The number of fused-ring (bicyclic) bond motifs is 1. The smallest absolute Gasteiger partial charge is 0.115 e. The number of rotatable bonds is 2. The van der Waals surface area contributed by atoms with Crippen LogP contribution in [0.4, 0.5) is 0 Å². The van der Waals surface area contributed by atoms with Crippen molar-refractivity contribution in [1.82, 2.24) is 19.9 Å². The molecule has 1 aliphatic heterocycles. The van der Waals surface area contributed by atoms with E-state index in [2.05, 4.69) is 25.9 Å². The van der Waals surface area contributed by atoms with Crippen LogP contribution in [0.25, 0.3) is 0 Å². The van der Waals surface area contributed by atoms with Gasteiger partial charge in [0.15, 0.2) is 0 Å². The summed E-state index contributed by atoms with van der Waals surface area (Å²) in [7, 11) is 0. The fraction of sp³-hybridized carbons (Fsp3) is 0.250. The number of hydrogen-bond donors (Lipinski definition) is 0. The molecule has 0 saturated carbocycles. The number of pyridine rings is 1. The molecule has 0 saturated heterocycles. The molecule has 0 aliphatic carbocycles. The molecule has 80 valence electrons. The van der Waals surface area contributed by atoms with Crippen LogP contribution in [0.2, 0.25) is 0 Å². The summed E-state index contributed by atoms with van der Waals surface area (Å²) in [6.45, 7) is 2.77. The van der Waals surface area contributed by atoms with Crippen LogP contribution in [0.3, 0.4) is 0 Å². The lowest BCUT2D eigenvalue weighted by molar-refractivity contribution is 0.273. The Balaban J connectivity index is 1.73. The van der Waals surface area contributed by atoms with Gasteiger partial charge in [0, 0.05) is 43.8 Å². The van der Waals surface area contributed by atoms with Crippen molar-refractivity contribution in [3.8, 4) is 0 Å². The molecule has 0 bridgehead atoms. The van der Waals surface area contributed by atoms with Gasteiger partial charge in [-0.25, -0.2) is 9.97 Å². The van der Waals surface area contributed by atoms with E-state index in [1.165, 1.54) is 11.1 Å². The highest BCUT2D eigenvalue weighted by Gasteiger charge is 2.19. The minimum absolute atomic E-state index is 0.909. The summed E-state index contributed by atoms with van der Waals surface area (Å²) in [5.41, 5.74) is 3.63. The first kappa shape index (κ1) is 9.42. The predicted octanol–water partition coefficient (Wildman–Crippen LogP) is 1.39. The molecule has 3 heterocycles. The lowest BCUT2D eigenvalue weighted by Gasteiger charge is -2.13. The van der Waals surface area contributed by atoms with Crippen LogP contribution in [-0.2, 0) is 19.6 Å². The van der Waals surface area contributed by atoms with Gasteiger partial charge in [-0.05, 0) is 11.6 Å². The van der Waals surface area contributed by atoms with Gasteiger partial charge in [-0.15, -0.1) is 0 Å². The van der Waals surface area contributed by atoms with Crippen LogP contribution in [0, 0.1) is 0 Å². The third-order valence-corrected chi connectivity index (χ3v) is 2.78. The molecular formula is C12H12N4. The normalized spacial score (nSPS) is 15.0. The van der Waals surface area contributed by atoms with Crippen LogP contribution < -0.4 is 0 Å². The lowest BCUT2D eigenvalue weighted by atomic mass is 10.3. The van der Waals surface area contributed by atoms with Crippen LogP contribution in [-0.4, -0.2) is 19.9 Å². The first-order valence-electron chi connectivity index (χ1n) is 5.31. The van der Waals surface area contributed by atoms with E-state index in [4.69, 9.17) is 0 Å². The minimum atomic E-state index is 0.909. The van der Waals surface area contributed by atoms with E-state index in [-0.39, 0.29) is 0 Å². The predicted molar refractivity (Wildman–Crippen MR) is 59.2 cm³/mol. The van der Waals surface area contributed by atoms with E-state index >= 15 is 0 Å². The zero-order chi connectivity index (χ0) is 10.8. The summed E-state index contributed by atoms with van der Waals surface area (Å²) in [5, 5.41) is 0. The van der Waals surface area contributed by atoms with Crippen molar-refractivity contribution in [3.05, 3.63) is 53.9 Å². The first-order chi connectivity index (χ1) is 7.92. The summed E-state index contributed by atoms with van der Waals surface area (Å²) in [6.07, 6.45) is 7.24. The van der Waals surface area contributed by atoms with E-state index in [0.29, 0.717) is 0 Å². The summed E-state index contributed by atoms with van der Waals surface area (Å²) in [4.78, 5) is 14.8. The maximum Gasteiger partial charge on any atom is 0.115 e. The highest BCUT2D eigenvalue weighted by Crippen LogP contribution is 2.20. The SMILES string of the molecule is c1cncc(CN2Cc3cncnc3C2)c1. The van der Waals surface area contributed by atoms with Crippen molar-refractivity contribution in [2.75, 3.05) is 0 Å². The maximum absolute atomic E-state index is 4.28. The molecule has 0 N–H and O–H groups in total. The summed E-state index contributed by atoms with van der Waals surface area (Å²) < 4.78 is 0. The van der Waals surface area contributed by atoms with E-state index in [0.717, 1.165) is 25.3 Å². The van der Waals surface area contributed by atoms with Gasteiger partial charge in [0.2, 0.25) is 0 Å². The molecule has 0 amide bonds. The van der Waals surface area contributed by atoms with E-state index < -0.39 is 0 Å². The Morgan fingerprint density at radius 1 is 1.19 bits per heavy atom. The number of aromatic nitrogens is 3. The Labute approximate surface area is 94.0 Å². The molecule has 0 fully saturated rings. The van der Waals surface area contributed by atoms with Gasteiger partial charge in [0.25, 0.3) is 0 Å². The van der Waals surface area contributed by atoms with Crippen molar-refractivity contribution in [2.24, 2.45) is 0 Å².